The maximum absolute atomic E-state index is 13.3. The number of hydrogen-bond donors (Lipinski definition) is 1. The molecule has 0 saturated heterocycles. The van der Waals surface area contributed by atoms with Gasteiger partial charge in [-0.2, -0.15) is 13.5 Å². The van der Waals surface area contributed by atoms with E-state index in [2.05, 4.69) is 4.74 Å². The molecule has 2 aromatic carbocycles. The van der Waals surface area contributed by atoms with Crippen LogP contribution in [0.1, 0.15) is 74.0 Å². The van der Waals surface area contributed by atoms with E-state index in [9.17, 15) is 37.1 Å². The topological polar surface area (TPSA) is 174 Å². The molecule has 1 unspecified atom stereocenters. The lowest BCUT2D eigenvalue weighted by Gasteiger charge is -2.25. The van der Waals surface area contributed by atoms with Gasteiger partial charge in [0, 0.05) is 12.0 Å². The number of rotatable bonds is 19. The zero-order valence-electron chi connectivity index (χ0n) is 30.5. The Hall–Kier alpha value is -4.45. The molecule has 0 aliphatic heterocycles. The number of esters is 3. The predicted octanol–water partition coefficient (Wildman–Crippen LogP) is 6.77. The zero-order valence-corrected chi connectivity index (χ0v) is 32.9. The van der Waals surface area contributed by atoms with Crippen LogP contribution in [0.25, 0.3) is 0 Å². The van der Waals surface area contributed by atoms with E-state index in [1.165, 1.54) is 36.4 Å². The van der Waals surface area contributed by atoms with Gasteiger partial charge in [0.25, 0.3) is 11.3 Å². The lowest BCUT2D eigenvalue weighted by atomic mass is 10.0. The third-order valence-corrected chi connectivity index (χ3v) is 9.64. The quantitative estimate of drug-likeness (QED) is 0.0442. The van der Waals surface area contributed by atoms with Crippen molar-refractivity contribution >= 4 is 58.1 Å². The highest BCUT2D eigenvalue weighted by atomic mass is 35.5. The van der Waals surface area contributed by atoms with Crippen LogP contribution in [0.2, 0.25) is 10.0 Å². The average Bonchev–Trinajstić information content (AvgIpc) is 4.04. The Bertz CT molecular complexity index is 1920. The molecule has 14 nitrogen and oxygen atoms in total. The minimum atomic E-state index is -3.14. The number of alkyl halides is 2. The second kappa shape index (κ2) is 18.7. The fourth-order valence-electron chi connectivity index (χ4n) is 5.23. The highest BCUT2D eigenvalue weighted by molar-refractivity contribution is 7.80. The van der Waals surface area contributed by atoms with Crippen LogP contribution in [-0.4, -0.2) is 65.2 Å². The summed E-state index contributed by atoms with van der Waals surface area (Å²) < 4.78 is 82.7. The molecule has 0 amide bonds. The summed E-state index contributed by atoms with van der Waals surface area (Å²) >= 11 is 9.95. The molecule has 56 heavy (non-hydrogen) atoms. The van der Waals surface area contributed by atoms with Crippen molar-refractivity contribution in [3.8, 4) is 17.2 Å². The highest BCUT2D eigenvalue weighted by Crippen LogP contribution is 2.38. The van der Waals surface area contributed by atoms with Gasteiger partial charge in [-0.05, 0) is 94.2 Å². The number of benzene rings is 2. The lowest BCUT2D eigenvalue weighted by molar-refractivity contribution is -0.605. The van der Waals surface area contributed by atoms with E-state index >= 15 is 0 Å². The summed E-state index contributed by atoms with van der Waals surface area (Å²) in [4.78, 5) is 39.1. The Morgan fingerprint density at radius 1 is 0.946 bits per heavy atom. The summed E-state index contributed by atoms with van der Waals surface area (Å²) in [6, 6.07) is 7.81. The van der Waals surface area contributed by atoms with Crippen molar-refractivity contribution in [2.75, 3.05) is 30.7 Å². The fraction of sp³-hybridized carbons (Fsp3) is 0.459. The van der Waals surface area contributed by atoms with Gasteiger partial charge in [-0.25, -0.2) is 13.8 Å². The fourth-order valence-corrected chi connectivity index (χ4v) is 6.37. The number of nitrogens with zero attached hydrogens (tertiary/aromatic N) is 2. The largest absolute Gasteiger partial charge is 0.619 e. The molecule has 5 rings (SSSR count). The molecule has 2 saturated carbocycles. The Kier molecular flexibility index (Phi) is 14.2. The van der Waals surface area contributed by atoms with E-state index in [1.54, 1.807) is 20.8 Å². The first-order valence-electron chi connectivity index (χ1n) is 17.5. The van der Waals surface area contributed by atoms with Gasteiger partial charge < -0.3 is 33.6 Å². The van der Waals surface area contributed by atoms with E-state index in [1.807, 2.05) is 0 Å². The van der Waals surface area contributed by atoms with E-state index in [0.29, 0.717) is 4.73 Å². The second-order valence-corrected chi connectivity index (χ2v) is 15.9. The summed E-state index contributed by atoms with van der Waals surface area (Å²) in [6.07, 6.45) is 4.37. The minimum absolute atomic E-state index is 0.00921. The van der Waals surface area contributed by atoms with E-state index in [0.717, 1.165) is 42.4 Å². The Labute approximate surface area is 333 Å². The van der Waals surface area contributed by atoms with Crippen LogP contribution in [0, 0.1) is 17.0 Å². The van der Waals surface area contributed by atoms with Gasteiger partial charge >= 0.3 is 24.5 Å². The average molecular weight is 846 g/mol. The molecule has 1 heterocycles. The molecule has 2 atom stereocenters. The first kappa shape index (κ1) is 42.7. The number of pyridine rings is 1. The van der Waals surface area contributed by atoms with Crippen molar-refractivity contribution in [1.82, 2.24) is 0 Å². The number of ether oxygens (including phenoxy) is 6. The zero-order chi connectivity index (χ0) is 40.7. The van der Waals surface area contributed by atoms with Crippen LogP contribution in [0.3, 0.4) is 0 Å². The van der Waals surface area contributed by atoms with Crippen molar-refractivity contribution < 1.29 is 65.1 Å². The lowest BCUT2D eigenvalue weighted by Crippen LogP contribution is -2.36. The molecule has 1 N–H and O–H groups in total. The molecule has 2 aliphatic rings. The molecule has 19 heteroatoms. The predicted molar refractivity (Wildman–Crippen MR) is 198 cm³/mol. The van der Waals surface area contributed by atoms with E-state index < -0.39 is 60.6 Å². The van der Waals surface area contributed by atoms with Crippen molar-refractivity contribution in [2.24, 2.45) is 11.8 Å². The summed E-state index contributed by atoms with van der Waals surface area (Å²) in [6.45, 7) is 0.797. The van der Waals surface area contributed by atoms with Gasteiger partial charge in [0.1, 0.15) is 34.0 Å². The van der Waals surface area contributed by atoms with Crippen LogP contribution in [0.15, 0.2) is 48.8 Å². The molecular formula is C37H40Cl2F2N2O12S. The Morgan fingerprint density at radius 3 is 2.14 bits per heavy atom. The van der Waals surface area contributed by atoms with Gasteiger partial charge in [0.15, 0.2) is 30.5 Å². The molecule has 304 valence electrons. The Balaban J connectivity index is 1.34. The highest BCUT2D eigenvalue weighted by Gasteiger charge is 2.29. The first-order valence-corrected chi connectivity index (χ1v) is 19.3. The maximum Gasteiger partial charge on any atom is 0.387 e. The van der Waals surface area contributed by atoms with Crippen molar-refractivity contribution in [2.45, 2.75) is 71.2 Å². The molecule has 1 aromatic heterocycles. The summed E-state index contributed by atoms with van der Waals surface area (Å²) in [5.41, 5.74) is -0.432. The van der Waals surface area contributed by atoms with Gasteiger partial charge in [0.2, 0.25) is 0 Å². The van der Waals surface area contributed by atoms with Crippen LogP contribution < -0.4 is 23.2 Å². The smallest absolute Gasteiger partial charge is 0.387 e. The number of carbonyl (C=O) groups excluding carboxylic acids is 3. The van der Waals surface area contributed by atoms with Crippen molar-refractivity contribution in [3.63, 3.8) is 0 Å². The van der Waals surface area contributed by atoms with Crippen molar-refractivity contribution in [1.29, 1.82) is 0 Å². The SMILES string of the molecule is CC(C)(C)OC(=O)CN(c1ccc(C(=O)OCC(=O)O[C@@H](Cc2c(Cl)c[n+]([O-])cc2Cl)c2ccc(OC(F)F)c(OCC3CC3)c2)cc1OCC1CC1)S(=O)O. The van der Waals surface area contributed by atoms with Gasteiger partial charge in [-0.3, -0.25) is 13.7 Å². The number of hydrogen-bond acceptors (Lipinski definition) is 11. The standard InChI is InChI=1S/C37H40Cl2F2N2O12S/c1-37(2,3)55-33(44)17-43(56(48)49)28-10-8-24(13-31(28)50-18-21-4-5-21)35(46)52-20-34(45)53-30(14-25-26(38)15-42(47)16-27(25)39)23-9-11-29(54-36(40)41)32(12-23)51-19-22-6-7-22/h8-13,15-16,21-22,30,36H,4-7,14,17-20H2,1-3H3,(H,48,49)/t30-/m0/s1. The summed E-state index contributed by atoms with van der Waals surface area (Å²) in [7, 11) is 0. The number of carbonyl (C=O) groups is 3. The van der Waals surface area contributed by atoms with E-state index in [-0.39, 0.29) is 81.1 Å². The molecule has 0 bridgehead atoms. The Morgan fingerprint density at radius 2 is 1.57 bits per heavy atom. The van der Waals surface area contributed by atoms with Crippen LogP contribution in [0.4, 0.5) is 14.5 Å². The molecule has 2 aliphatic carbocycles. The summed E-state index contributed by atoms with van der Waals surface area (Å²) in [5, 5.41) is 11.8. The summed E-state index contributed by atoms with van der Waals surface area (Å²) in [5.74, 6) is -2.54. The minimum Gasteiger partial charge on any atom is -0.619 e. The third kappa shape index (κ3) is 12.8. The monoisotopic (exact) mass is 844 g/mol. The van der Waals surface area contributed by atoms with Crippen LogP contribution in [-0.2, 0) is 41.5 Å². The van der Waals surface area contributed by atoms with Gasteiger partial charge in [0.05, 0.1) is 24.5 Å². The number of halogens is 4. The molecule has 0 radical (unpaired) electrons. The number of anilines is 1. The third-order valence-electron chi connectivity index (χ3n) is 8.29. The van der Waals surface area contributed by atoms with Gasteiger partial charge in [-0.1, -0.05) is 29.3 Å². The van der Waals surface area contributed by atoms with Gasteiger partial charge in [-0.15, -0.1) is 0 Å². The molecular weight excluding hydrogens is 805 g/mol. The van der Waals surface area contributed by atoms with Crippen LogP contribution >= 0.6 is 23.2 Å². The number of aromatic nitrogens is 1. The molecule has 3 aromatic rings. The van der Waals surface area contributed by atoms with E-state index in [4.69, 9.17) is 46.9 Å². The van der Waals surface area contributed by atoms with Crippen LogP contribution in [0.5, 0.6) is 17.2 Å². The molecule has 2 fully saturated rings. The maximum atomic E-state index is 13.3. The second-order valence-electron chi connectivity index (χ2n) is 14.2. The van der Waals surface area contributed by atoms with Crippen molar-refractivity contribution in [3.05, 3.63) is 80.7 Å². The molecule has 0 spiro atoms. The first-order chi connectivity index (χ1) is 26.4. The normalized spacial score (nSPS) is 15.1.